The Labute approximate surface area is 119 Å². The summed E-state index contributed by atoms with van der Waals surface area (Å²) in [7, 11) is 0. The van der Waals surface area contributed by atoms with E-state index in [-0.39, 0.29) is 0 Å². The second-order valence-electron chi connectivity index (χ2n) is 4.96. The van der Waals surface area contributed by atoms with Crippen LogP contribution < -0.4 is 5.32 Å². The fourth-order valence-electron chi connectivity index (χ4n) is 2.13. The van der Waals surface area contributed by atoms with E-state index in [2.05, 4.69) is 48.4 Å². The first kappa shape index (κ1) is 14.1. The van der Waals surface area contributed by atoms with Crippen LogP contribution in [0.15, 0.2) is 35.8 Å². The molecule has 1 aromatic carbocycles. The lowest BCUT2D eigenvalue weighted by Crippen LogP contribution is -2.14. The van der Waals surface area contributed by atoms with Gasteiger partial charge < -0.3 is 5.32 Å². The van der Waals surface area contributed by atoms with E-state index in [1.54, 1.807) is 11.3 Å². The van der Waals surface area contributed by atoms with Crippen molar-refractivity contribution in [2.24, 2.45) is 0 Å². The van der Waals surface area contributed by atoms with Crippen LogP contribution in [0.3, 0.4) is 0 Å². The van der Waals surface area contributed by atoms with Gasteiger partial charge in [0.05, 0.1) is 0 Å². The van der Waals surface area contributed by atoms with Gasteiger partial charge in [0.1, 0.15) is 5.01 Å². The molecule has 0 spiro atoms. The predicted octanol–water partition coefficient (Wildman–Crippen LogP) is 5.19. The molecule has 1 aromatic heterocycles. The average molecular weight is 274 g/mol. The first-order chi connectivity index (χ1) is 9.29. The maximum absolute atomic E-state index is 4.33. The van der Waals surface area contributed by atoms with Crippen LogP contribution in [0.4, 0.5) is 5.69 Å². The number of rotatable bonds is 7. The van der Waals surface area contributed by atoms with Gasteiger partial charge in [-0.25, -0.2) is 4.98 Å². The lowest BCUT2D eigenvalue weighted by atomic mass is 10.1. The molecule has 19 heavy (non-hydrogen) atoms. The van der Waals surface area contributed by atoms with Crippen molar-refractivity contribution in [2.45, 2.75) is 45.6 Å². The summed E-state index contributed by atoms with van der Waals surface area (Å²) < 4.78 is 0. The molecule has 0 bridgehead atoms. The van der Waals surface area contributed by atoms with Crippen LogP contribution in [0, 0.1) is 0 Å². The Morgan fingerprint density at radius 1 is 1.21 bits per heavy atom. The molecule has 0 aliphatic carbocycles. The number of unbranched alkanes of at least 4 members (excludes halogenated alkanes) is 2. The molecule has 0 saturated carbocycles. The van der Waals surface area contributed by atoms with Gasteiger partial charge in [0.25, 0.3) is 0 Å². The molecule has 1 N–H and O–H groups in total. The zero-order chi connectivity index (χ0) is 13.5. The SMILES string of the molecule is CCCCCC(C)Nc1ccc(-c2nccs2)cc1. The van der Waals surface area contributed by atoms with Crippen LogP contribution in [0.2, 0.25) is 0 Å². The van der Waals surface area contributed by atoms with Gasteiger partial charge in [0.2, 0.25) is 0 Å². The number of hydrogen-bond acceptors (Lipinski definition) is 3. The standard InChI is InChI=1S/C16H22N2S/c1-3-4-5-6-13(2)18-15-9-7-14(8-10-15)16-17-11-12-19-16/h7-13,18H,3-6H2,1-2H3. The van der Waals surface area contributed by atoms with Crippen molar-refractivity contribution < 1.29 is 0 Å². The first-order valence-electron chi connectivity index (χ1n) is 7.06. The topological polar surface area (TPSA) is 24.9 Å². The second kappa shape index (κ2) is 7.29. The molecule has 2 rings (SSSR count). The number of benzene rings is 1. The summed E-state index contributed by atoms with van der Waals surface area (Å²) in [5.41, 5.74) is 2.39. The monoisotopic (exact) mass is 274 g/mol. The van der Waals surface area contributed by atoms with Crippen molar-refractivity contribution in [3.63, 3.8) is 0 Å². The van der Waals surface area contributed by atoms with Crippen molar-refractivity contribution in [1.29, 1.82) is 0 Å². The molecule has 0 saturated heterocycles. The zero-order valence-electron chi connectivity index (χ0n) is 11.7. The van der Waals surface area contributed by atoms with Gasteiger partial charge in [-0.1, -0.05) is 26.2 Å². The highest BCUT2D eigenvalue weighted by molar-refractivity contribution is 7.13. The minimum Gasteiger partial charge on any atom is -0.383 e. The Morgan fingerprint density at radius 3 is 2.63 bits per heavy atom. The number of thiazole rings is 1. The van der Waals surface area contributed by atoms with Gasteiger partial charge in [-0.2, -0.15) is 0 Å². The summed E-state index contributed by atoms with van der Waals surface area (Å²) in [4.78, 5) is 4.33. The molecule has 0 amide bonds. The molecule has 0 radical (unpaired) electrons. The minimum absolute atomic E-state index is 0.539. The third-order valence-electron chi connectivity index (χ3n) is 3.22. The molecule has 0 aliphatic heterocycles. The zero-order valence-corrected chi connectivity index (χ0v) is 12.5. The molecule has 3 heteroatoms. The Balaban J connectivity index is 1.88. The van der Waals surface area contributed by atoms with Crippen LogP contribution in [-0.4, -0.2) is 11.0 Å². The van der Waals surface area contributed by atoms with Crippen molar-refractivity contribution >= 4 is 17.0 Å². The highest BCUT2D eigenvalue weighted by Gasteiger charge is 2.03. The molecule has 1 atom stereocenters. The highest BCUT2D eigenvalue weighted by Crippen LogP contribution is 2.23. The number of anilines is 1. The minimum atomic E-state index is 0.539. The Hall–Kier alpha value is -1.35. The van der Waals surface area contributed by atoms with Crippen LogP contribution in [0.1, 0.15) is 39.5 Å². The number of nitrogens with one attached hydrogen (secondary N) is 1. The van der Waals surface area contributed by atoms with Gasteiger partial charge in [-0.3, -0.25) is 0 Å². The van der Waals surface area contributed by atoms with E-state index in [9.17, 15) is 0 Å². The maximum Gasteiger partial charge on any atom is 0.123 e. The molecule has 1 heterocycles. The lowest BCUT2D eigenvalue weighted by molar-refractivity contribution is 0.615. The van der Waals surface area contributed by atoms with E-state index < -0.39 is 0 Å². The van der Waals surface area contributed by atoms with Crippen molar-refractivity contribution in [1.82, 2.24) is 4.98 Å². The summed E-state index contributed by atoms with van der Waals surface area (Å²) in [6.07, 6.45) is 7.01. The van der Waals surface area contributed by atoms with Crippen LogP contribution in [0.5, 0.6) is 0 Å². The first-order valence-corrected chi connectivity index (χ1v) is 7.94. The van der Waals surface area contributed by atoms with E-state index in [0.29, 0.717) is 6.04 Å². The van der Waals surface area contributed by atoms with Gasteiger partial charge in [0.15, 0.2) is 0 Å². The van der Waals surface area contributed by atoms with E-state index in [1.807, 2.05) is 11.6 Å². The highest BCUT2D eigenvalue weighted by atomic mass is 32.1. The van der Waals surface area contributed by atoms with E-state index in [4.69, 9.17) is 0 Å². The number of aromatic nitrogens is 1. The van der Waals surface area contributed by atoms with Crippen molar-refractivity contribution in [3.8, 4) is 10.6 Å². The third kappa shape index (κ3) is 4.35. The summed E-state index contributed by atoms with van der Waals surface area (Å²) in [6.45, 7) is 4.50. The summed E-state index contributed by atoms with van der Waals surface area (Å²) in [5, 5.41) is 6.65. The predicted molar refractivity (Wildman–Crippen MR) is 84.8 cm³/mol. The van der Waals surface area contributed by atoms with E-state index >= 15 is 0 Å². The largest absolute Gasteiger partial charge is 0.383 e. The molecule has 1 unspecified atom stereocenters. The molecular formula is C16H22N2S. The molecule has 0 fully saturated rings. The normalized spacial score (nSPS) is 12.3. The third-order valence-corrected chi connectivity index (χ3v) is 4.04. The maximum atomic E-state index is 4.33. The fourth-order valence-corrected chi connectivity index (χ4v) is 2.78. The number of hydrogen-bond donors (Lipinski definition) is 1. The van der Waals surface area contributed by atoms with Gasteiger partial charge in [-0.15, -0.1) is 11.3 Å². The Bertz CT molecular complexity index is 462. The molecule has 2 nitrogen and oxygen atoms in total. The molecule has 102 valence electrons. The summed E-state index contributed by atoms with van der Waals surface area (Å²) >= 11 is 1.68. The lowest BCUT2D eigenvalue weighted by Gasteiger charge is -2.15. The molecular weight excluding hydrogens is 252 g/mol. The van der Waals surface area contributed by atoms with E-state index in [0.717, 1.165) is 5.01 Å². The van der Waals surface area contributed by atoms with Gasteiger partial charge >= 0.3 is 0 Å². The van der Waals surface area contributed by atoms with Gasteiger partial charge in [0, 0.05) is 28.9 Å². The van der Waals surface area contributed by atoms with Crippen molar-refractivity contribution in [2.75, 3.05) is 5.32 Å². The van der Waals surface area contributed by atoms with E-state index in [1.165, 1.54) is 36.9 Å². The Morgan fingerprint density at radius 2 is 2.00 bits per heavy atom. The fraction of sp³-hybridized carbons (Fsp3) is 0.438. The van der Waals surface area contributed by atoms with Crippen LogP contribution in [-0.2, 0) is 0 Å². The van der Waals surface area contributed by atoms with Crippen molar-refractivity contribution in [3.05, 3.63) is 35.8 Å². The quantitative estimate of drug-likeness (QED) is 0.703. The summed E-state index contributed by atoms with van der Waals surface area (Å²) in [5.74, 6) is 0. The molecule has 0 aliphatic rings. The summed E-state index contributed by atoms with van der Waals surface area (Å²) in [6, 6.07) is 9.11. The molecule has 2 aromatic rings. The van der Waals surface area contributed by atoms with Gasteiger partial charge in [-0.05, 0) is 37.6 Å². The number of nitrogens with zero attached hydrogens (tertiary/aromatic N) is 1. The van der Waals surface area contributed by atoms with Crippen LogP contribution in [0.25, 0.3) is 10.6 Å². The average Bonchev–Trinajstić information content (AvgIpc) is 2.94. The Kier molecular flexibility index (Phi) is 5.40. The second-order valence-corrected chi connectivity index (χ2v) is 5.85. The van der Waals surface area contributed by atoms with Crippen LogP contribution >= 0.6 is 11.3 Å². The smallest absolute Gasteiger partial charge is 0.123 e.